The van der Waals surface area contributed by atoms with Crippen molar-refractivity contribution in [3.8, 4) is 0 Å². The van der Waals surface area contributed by atoms with E-state index in [1.165, 1.54) is 46.2 Å². The number of fused-ring (bicyclic) bond motifs is 3. The summed E-state index contributed by atoms with van der Waals surface area (Å²) in [4.78, 5) is 18.6. The van der Waals surface area contributed by atoms with Crippen LogP contribution in [0.1, 0.15) is 97.4 Å². The maximum atomic E-state index is 13.8. The minimum Gasteiger partial charge on any atom is -0.384 e. The molecule has 1 amide bonds. The summed E-state index contributed by atoms with van der Waals surface area (Å²) in [7, 11) is 0. The first kappa shape index (κ1) is 28.9. The first-order chi connectivity index (χ1) is 19.9. The van der Waals surface area contributed by atoms with Crippen molar-refractivity contribution in [3.63, 3.8) is 0 Å². The third kappa shape index (κ3) is 6.34. The van der Waals surface area contributed by atoms with Crippen LogP contribution in [0.15, 0.2) is 54.6 Å². The topological polar surface area (TPSA) is 72.9 Å². The molecule has 4 aromatic rings. The Labute approximate surface area is 245 Å². The molecule has 2 heterocycles. The number of aromatic nitrogens is 2. The number of carbonyl (C=O) groups is 1. The number of nitrogens with zero attached hydrogens (tertiary/aromatic N) is 2. The SMILES string of the molecule is CCCC(CCC)C(C(=O)NCc1cccc(C)c1)c1ccc(Cn2c3c(c4c(C)cc(N)nc42)CCCC3)cc1. The van der Waals surface area contributed by atoms with Gasteiger partial charge in [0.15, 0.2) is 0 Å². The Morgan fingerprint density at radius 3 is 2.41 bits per heavy atom. The monoisotopic (exact) mass is 550 g/mol. The molecule has 2 aromatic heterocycles. The summed E-state index contributed by atoms with van der Waals surface area (Å²) in [5, 5.41) is 4.56. The Morgan fingerprint density at radius 2 is 1.71 bits per heavy atom. The molecule has 1 aliphatic rings. The van der Waals surface area contributed by atoms with Crippen LogP contribution in [-0.2, 0) is 30.7 Å². The molecule has 5 nitrogen and oxygen atoms in total. The van der Waals surface area contributed by atoms with Crippen molar-refractivity contribution in [2.45, 2.75) is 98.1 Å². The van der Waals surface area contributed by atoms with Gasteiger partial charge in [0, 0.05) is 24.2 Å². The number of nitrogen functional groups attached to an aromatic ring is 1. The Hall–Kier alpha value is -3.60. The number of nitrogens with one attached hydrogen (secondary N) is 1. The zero-order valence-corrected chi connectivity index (χ0v) is 25.3. The average molecular weight is 551 g/mol. The Balaban J connectivity index is 1.43. The van der Waals surface area contributed by atoms with Crippen LogP contribution in [0.25, 0.3) is 11.0 Å². The smallest absolute Gasteiger partial charge is 0.228 e. The van der Waals surface area contributed by atoms with Crippen molar-refractivity contribution >= 4 is 22.8 Å². The van der Waals surface area contributed by atoms with E-state index in [0.717, 1.165) is 61.8 Å². The lowest BCUT2D eigenvalue weighted by atomic mass is 9.79. The van der Waals surface area contributed by atoms with E-state index in [-0.39, 0.29) is 11.8 Å². The number of nitrogens with two attached hydrogens (primary N) is 1. The fourth-order valence-corrected chi connectivity index (χ4v) is 6.99. The number of pyridine rings is 1. The number of anilines is 1. The highest BCUT2D eigenvalue weighted by molar-refractivity contribution is 5.87. The fourth-order valence-electron chi connectivity index (χ4n) is 6.99. The van der Waals surface area contributed by atoms with Gasteiger partial charge in [-0.2, -0.15) is 0 Å². The quantitative estimate of drug-likeness (QED) is 0.200. The minimum absolute atomic E-state index is 0.131. The second-order valence-corrected chi connectivity index (χ2v) is 12.0. The van der Waals surface area contributed by atoms with Crippen LogP contribution in [0.2, 0.25) is 0 Å². The lowest BCUT2D eigenvalue weighted by Crippen LogP contribution is -2.33. The van der Waals surface area contributed by atoms with Crippen molar-refractivity contribution in [1.29, 1.82) is 0 Å². The summed E-state index contributed by atoms with van der Waals surface area (Å²) >= 11 is 0. The Bertz CT molecular complexity index is 1490. The van der Waals surface area contributed by atoms with Gasteiger partial charge < -0.3 is 15.6 Å². The van der Waals surface area contributed by atoms with E-state index in [4.69, 9.17) is 10.7 Å². The van der Waals surface area contributed by atoms with Crippen molar-refractivity contribution < 1.29 is 4.79 Å². The molecule has 41 heavy (non-hydrogen) atoms. The molecule has 0 saturated heterocycles. The number of hydrogen-bond acceptors (Lipinski definition) is 3. The normalized spacial score (nSPS) is 13.9. The predicted octanol–water partition coefficient (Wildman–Crippen LogP) is 7.78. The number of rotatable bonds is 11. The minimum atomic E-state index is -0.155. The summed E-state index contributed by atoms with van der Waals surface area (Å²) in [5.41, 5.74) is 16.0. The van der Waals surface area contributed by atoms with Crippen molar-refractivity contribution in [1.82, 2.24) is 14.9 Å². The third-order valence-electron chi connectivity index (χ3n) is 8.84. The average Bonchev–Trinajstić information content (AvgIpc) is 3.26. The molecule has 1 unspecified atom stereocenters. The zero-order valence-electron chi connectivity index (χ0n) is 25.3. The highest BCUT2D eigenvalue weighted by Crippen LogP contribution is 2.36. The molecule has 0 bridgehead atoms. The van der Waals surface area contributed by atoms with Gasteiger partial charge >= 0.3 is 0 Å². The summed E-state index contributed by atoms with van der Waals surface area (Å²) in [6, 6.07) is 19.2. The lowest BCUT2D eigenvalue weighted by molar-refractivity contribution is -0.124. The van der Waals surface area contributed by atoms with Gasteiger partial charge in [-0.05, 0) is 92.2 Å². The number of carbonyl (C=O) groups excluding carboxylic acids is 1. The van der Waals surface area contributed by atoms with Gasteiger partial charge in [-0.1, -0.05) is 80.8 Å². The molecular weight excluding hydrogens is 504 g/mol. The van der Waals surface area contributed by atoms with Crippen molar-refractivity contribution in [2.24, 2.45) is 5.92 Å². The highest BCUT2D eigenvalue weighted by Gasteiger charge is 2.29. The second kappa shape index (κ2) is 12.9. The second-order valence-electron chi connectivity index (χ2n) is 12.0. The standard InChI is InChI=1S/C36H46N4O/c1-5-10-28(11-6-2)34(36(41)38-22-27-13-9-12-24(3)20-27)29-18-16-26(17-19-29)23-40-31-15-8-7-14-30(31)33-25(4)21-32(37)39-35(33)40/h9,12-13,16-21,28,34H,5-8,10-11,14-15,22-23H2,1-4H3,(H2,37,39)(H,38,41). The van der Waals surface area contributed by atoms with E-state index < -0.39 is 0 Å². The van der Waals surface area contributed by atoms with E-state index in [9.17, 15) is 4.79 Å². The van der Waals surface area contributed by atoms with Crippen LogP contribution in [0.4, 0.5) is 5.82 Å². The van der Waals surface area contributed by atoms with Gasteiger partial charge in [0.2, 0.25) is 5.91 Å². The van der Waals surface area contributed by atoms with Crippen LogP contribution >= 0.6 is 0 Å². The van der Waals surface area contributed by atoms with E-state index >= 15 is 0 Å². The highest BCUT2D eigenvalue weighted by atomic mass is 16.1. The molecule has 1 atom stereocenters. The van der Waals surface area contributed by atoms with Gasteiger partial charge in [0.05, 0.1) is 5.92 Å². The summed E-state index contributed by atoms with van der Waals surface area (Å²) in [6.45, 7) is 10.0. The molecular formula is C36H46N4O. The molecule has 2 aromatic carbocycles. The summed E-state index contributed by atoms with van der Waals surface area (Å²) in [5.74, 6) is 0.882. The number of aryl methyl sites for hydroxylation is 3. The van der Waals surface area contributed by atoms with Crippen LogP contribution in [0.5, 0.6) is 0 Å². The molecule has 0 spiro atoms. The summed E-state index contributed by atoms with van der Waals surface area (Å²) in [6.07, 6.45) is 8.89. The van der Waals surface area contributed by atoms with E-state index in [1.807, 2.05) is 6.07 Å². The molecule has 3 N–H and O–H groups in total. The van der Waals surface area contributed by atoms with Gasteiger partial charge in [0.1, 0.15) is 11.5 Å². The van der Waals surface area contributed by atoms with Crippen LogP contribution < -0.4 is 11.1 Å². The lowest BCUT2D eigenvalue weighted by Gasteiger charge is -2.27. The molecule has 5 heteroatoms. The molecule has 5 rings (SSSR count). The van der Waals surface area contributed by atoms with Crippen molar-refractivity contribution in [2.75, 3.05) is 5.73 Å². The number of hydrogen-bond donors (Lipinski definition) is 2. The third-order valence-corrected chi connectivity index (χ3v) is 8.84. The largest absolute Gasteiger partial charge is 0.384 e. The number of benzene rings is 2. The van der Waals surface area contributed by atoms with Gasteiger partial charge in [-0.25, -0.2) is 4.98 Å². The molecule has 0 radical (unpaired) electrons. The maximum Gasteiger partial charge on any atom is 0.228 e. The Kier molecular flexibility index (Phi) is 9.12. The zero-order chi connectivity index (χ0) is 28.9. The first-order valence-corrected chi connectivity index (χ1v) is 15.6. The van der Waals surface area contributed by atoms with Crippen LogP contribution in [-0.4, -0.2) is 15.5 Å². The molecule has 0 aliphatic heterocycles. The number of amides is 1. The van der Waals surface area contributed by atoms with Gasteiger partial charge in [0.25, 0.3) is 0 Å². The first-order valence-electron chi connectivity index (χ1n) is 15.6. The fraction of sp³-hybridized carbons (Fsp3) is 0.444. The molecule has 0 saturated carbocycles. The predicted molar refractivity (Wildman–Crippen MR) is 170 cm³/mol. The van der Waals surface area contributed by atoms with Gasteiger partial charge in [-0.15, -0.1) is 0 Å². The molecule has 216 valence electrons. The van der Waals surface area contributed by atoms with E-state index in [2.05, 4.69) is 86.1 Å². The van der Waals surface area contributed by atoms with Crippen molar-refractivity contribution in [3.05, 3.63) is 93.7 Å². The Morgan fingerprint density at radius 1 is 0.976 bits per heavy atom. The van der Waals surface area contributed by atoms with E-state index in [0.29, 0.717) is 18.3 Å². The van der Waals surface area contributed by atoms with Crippen LogP contribution in [0.3, 0.4) is 0 Å². The molecule has 1 aliphatic carbocycles. The van der Waals surface area contributed by atoms with E-state index in [1.54, 1.807) is 0 Å². The maximum absolute atomic E-state index is 13.8. The molecule has 0 fully saturated rings. The van der Waals surface area contributed by atoms with Crippen LogP contribution in [0, 0.1) is 19.8 Å². The summed E-state index contributed by atoms with van der Waals surface area (Å²) < 4.78 is 2.39. The van der Waals surface area contributed by atoms with Gasteiger partial charge in [-0.3, -0.25) is 4.79 Å².